The Kier molecular flexibility index (Phi) is 7.88. The minimum atomic E-state index is -1.19. The van der Waals surface area contributed by atoms with Crippen LogP contribution in [0.4, 0.5) is 10.6 Å². The van der Waals surface area contributed by atoms with Crippen molar-refractivity contribution in [1.29, 1.82) is 0 Å². The van der Waals surface area contributed by atoms with E-state index >= 15 is 0 Å². The predicted octanol–water partition coefficient (Wildman–Crippen LogP) is 5.27. The zero-order chi connectivity index (χ0) is 30.6. The average molecular weight is 588 g/mol. The summed E-state index contributed by atoms with van der Waals surface area (Å²) in [5.74, 6) is -1.25. The molecule has 220 valence electrons. The number of nitrogens with zero attached hydrogens (tertiary/aromatic N) is 3. The number of nitrogens with one attached hydrogen (secondary N) is 2. The lowest BCUT2D eigenvalue weighted by molar-refractivity contribution is -0.139. The maximum atomic E-state index is 12.8. The number of aryl methyl sites for hydroxylation is 1. The number of carbonyl (C=O) groups excluding carboxylic acids is 2. The Labute approximate surface area is 253 Å². The molecule has 0 aliphatic heterocycles. The second kappa shape index (κ2) is 12.2. The number of benzene rings is 3. The fraction of sp³-hybridized carbons (Fsp3) is 0.147. The SMILES string of the molecule is Cn1cc(-c2ccc(C[C@H](NC(=O)OCC3c4ccccc4-c4ccccc43)C(=O)O)cc2)c(NC(=O)c2cccnc2)n1. The van der Waals surface area contributed by atoms with Crippen molar-refractivity contribution >= 4 is 23.8 Å². The zero-order valence-electron chi connectivity index (χ0n) is 23.8. The molecule has 0 unspecified atom stereocenters. The normalized spacial score (nSPS) is 12.6. The summed E-state index contributed by atoms with van der Waals surface area (Å²) in [7, 11) is 1.75. The van der Waals surface area contributed by atoms with Gasteiger partial charge < -0.3 is 20.5 Å². The third-order valence-corrected chi connectivity index (χ3v) is 7.62. The van der Waals surface area contributed by atoms with E-state index in [0.717, 1.165) is 27.8 Å². The van der Waals surface area contributed by atoms with Gasteiger partial charge in [-0.1, -0.05) is 72.8 Å². The molecule has 0 fully saturated rings. The van der Waals surface area contributed by atoms with Gasteiger partial charge in [0.2, 0.25) is 0 Å². The highest BCUT2D eigenvalue weighted by atomic mass is 16.5. The van der Waals surface area contributed by atoms with Crippen LogP contribution in [0.2, 0.25) is 0 Å². The molecule has 1 aliphatic carbocycles. The maximum Gasteiger partial charge on any atom is 0.407 e. The number of rotatable bonds is 9. The number of carboxylic acids is 1. The van der Waals surface area contributed by atoms with Gasteiger partial charge in [0.05, 0.1) is 5.56 Å². The molecule has 0 bridgehead atoms. The topological polar surface area (TPSA) is 135 Å². The van der Waals surface area contributed by atoms with Crippen LogP contribution in [0, 0.1) is 0 Å². The molecule has 3 aromatic carbocycles. The van der Waals surface area contributed by atoms with Crippen molar-refractivity contribution in [1.82, 2.24) is 20.1 Å². The average Bonchev–Trinajstić information content (AvgIpc) is 3.57. The molecule has 0 saturated heterocycles. The highest BCUT2D eigenvalue weighted by Gasteiger charge is 2.30. The number of fused-ring (bicyclic) bond motifs is 3. The van der Waals surface area contributed by atoms with Crippen molar-refractivity contribution in [3.63, 3.8) is 0 Å². The second-order valence-corrected chi connectivity index (χ2v) is 10.5. The summed E-state index contributed by atoms with van der Waals surface area (Å²) in [5.41, 5.74) is 6.95. The van der Waals surface area contributed by atoms with Crippen molar-refractivity contribution in [3.05, 3.63) is 126 Å². The van der Waals surface area contributed by atoms with E-state index in [4.69, 9.17) is 4.74 Å². The van der Waals surface area contributed by atoms with Gasteiger partial charge in [0.15, 0.2) is 5.82 Å². The Morgan fingerprint density at radius 1 is 0.909 bits per heavy atom. The van der Waals surface area contributed by atoms with Crippen LogP contribution in [0.3, 0.4) is 0 Å². The molecule has 0 radical (unpaired) electrons. The van der Waals surface area contributed by atoms with Crippen LogP contribution in [0.15, 0.2) is 104 Å². The van der Waals surface area contributed by atoms with Crippen LogP contribution in [-0.4, -0.2) is 50.5 Å². The summed E-state index contributed by atoms with van der Waals surface area (Å²) in [5, 5.41) is 19.6. The molecule has 0 saturated carbocycles. The molecule has 2 heterocycles. The standard InChI is InChI=1S/C34H29N5O5/c1-39-19-28(31(38-39)37-32(40)23-7-6-16-35-18-23)22-14-12-21(13-15-22)17-30(33(41)42)36-34(43)44-20-29-26-10-4-2-8-24(26)25-9-3-5-11-27(25)29/h2-16,18-19,29-30H,17,20H2,1H3,(H,36,43)(H,41,42)(H,37,38,40)/t30-/m0/s1. The number of carboxylic acid groups (broad SMARTS) is 1. The van der Waals surface area contributed by atoms with Gasteiger partial charge >= 0.3 is 12.1 Å². The van der Waals surface area contributed by atoms with E-state index in [1.807, 2.05) is 60.7 Å². The lowest BCUT2D eigenvalue weighted by atomic mass is 9.98. The third kappa shape index (κ3) is 5.91. The minimum absolute atomic E-state index is 0.0530. The molecule has 6 rings (SSSR count). The number of anilines is 1. The summed E-state index contributed by atoms with van der Waals surface area (Å²) < 4.78 is 7.15. The van der Waals surface area contributed by atoms with Gasteiger partial charge in [-0.2, -0.15) is 5.10 Å². The Balaban J connectivity index is 1.10. The fourth-order valence-corrected chi connectivity index (χ4v) is 5.51. The molecule has 3 N–H and O–H groups in total. The number of pyridine rings is 1. The molecule has 5 aromatic rings. The smallest absolute Gasteiger partial charge is 0.407 e. The molecule has 0 spiro atoms. The molecule has 1 atom stereocenters. The molecular weight excluding hydrogens is 558 g/mol. The monoisotopic (exact) mass is 587 g/mol. The molecule has 10 nitrogen and oxygen atoms in total. The number of carbonyl (C=O) groups is 3. The first-order valence-corrected chi connectivity index (χ1v) is 14.1. The Hall–Kier alpha value is -5.77. The van der Waals surface area contributed by atoms with E-state index in [2.05, 4.69) is 20.7 Å². The number of aromatic nitrogens is 3. The summed E-state index contributed by atoms with van der Waals surface area (Å²) in [6.45, 7) is 0.0890. The first-order valence-electron chi connectivity index (χ1n) is 14.1. The number of alkyl carbamates (subject to hydrolysis) is 1. The molecule has 1 aliphatic rings. The van der Waals surface area contributed by atoms with E-state index in [9.17, 15) is 19.5 Å². The van der Waals surface area contributed by atoms with Gasteiger partial charge in [-0.25, -0.2) is 9.59 Å². The Bertz CT molecular complexity index is 1790. The van der Waals surface area contributed by atoms with E-state index in [1.54, 1.807) is 48.4 Å². The van der Waals surface area contributed by atoms with Crippen molar-refractivity contribution in [2.24, 2.45) is 7.05 Å². The van der Waals surface area contributed by atoms with Gasteiger partial charge in [-0.15, -0.1) is 0 Å². The first kappa shape index (κ1) is 28.4. The quantitative estimate of drug-likeness (QED) is 0.214. The summed E-state index contributed by atoms with van der Waals surface area (Å²) in [4.78, 5) is 41.5. The predicted molar refractivity (Wildman–Crippen MR) is 164 cm³/mol. The highest BCUT2D eigenvalue weighted by Crippen LogP contribution is 2.44. The van der Waals surface area contributed by atoms with Crippen molar-refractivity contribution in [2.45, 2.75) is 18.4 Å². The van der Waals surface area contributed by atoms with E-state index in [1.165, 1.54) is 6.20 Å². The zero-order valence-corrected chi connectivity index (χ0v) is 23.8. The molecule has 2 aromatic heterocycles. The molecular formula is C34H29N5O5. The number of amides is 2. The van der Waals surface area contributed by atoms with Gasteiger partial charge in [-0.05, 0) is 45.5 Å². The van der Waals surface area contributed by atoms with Gasteiger partial charge in [0, 0.05) is 43.5 Å². The van der Waals surface area contributed by atoms with Crippen LogP contribution >= 0.6 is 0 Å². The van der Waals surface area contributed by atoms with Crippen molar-refractivity contribution < 1.29 is 24.2 Å². The van der Waals surface area contributed by atoms with E-state index in [0.29, 0.717) is 22.5 Å². The van der Waals surface area contributed by atoms with Crippen LogP contribution in [0.25, 0.3) is 22.3 Å². The van der Waals surface area contributed by atoms with Crippen LogP contribution in [0.5, 0.6) is 0 Å². The second-order valence-electron chi connectivity index (χ2n) is 10.5. The summed E-state index contributed by atoms with van der Waals surface area (Å²) in [6, 6.07) is 25.4. The van der Waals surface area contributed by atoms with E-state index < -0.39 is 18.1 Å². The van der Waals surface area contributed by atoms with Crippen LogP contribution < -0.4 is 10.6 Å². The molecule has 10 heteroatoms. The number of ether oxygens (including phenoxy) is 1. The lowest BCUT2D eigenvalue weighted by Crippen LogP contribution is -2.42. The minimum Gasteiger partial charge on any atom is -0.480 e. The lowest BCUT2D eigenvalue weighted by Gasteiger charge is -2.17. The largest absolute Gasteiger partial charge is 0.480 e. The Morgan fingerprint density at radius 2 is 1.59 bits per heavy atom. The van der Waals surface area contributed by atoms with Crippen LogP contribution in [0.1, 0.15) is 33.0 Å². The van der Waals surface area contributed by atoms with Gasteiger partial charge in [-0.3, -0.25) is 14.5 Å². The number of hydrogen-bond donors (Lipinski definition) is 3. The van der Waals surface area contributed by atoms with Crippen LogP contribution in [-0.2, 0) is 23.0 Å². The Morgan fingerprint density at radius 3 is 2.23 bits per heavy atom. The number of aliphatic carboxylic acids is 1. The summed E-state index contributed by atoms with van der Waals surface area (Å²) >= 11 is 0. The van der Waals surface area contributed by atoms with Crippen molar-refractivity contribution in [3.8, 4) is 22.3 Å². The van der Waals surface area contributed by atoms with Gasteiger partial charge in [0.1, 0.15) is 12.6 Å². The maximum absolute atomic E-state index is 12.8. The first-order chi connectivity index (χ1) is 21.4. The third-order valence-electron chi connectivity index (χ3n) is 7.62. The van der Waals surface area contributed by atoms with Gasteiger partial charge in [0.25, 0.3) is 5.91 Å². The van der Waals surface area contributed by atoms with E-state index in [-0.39, 0.29) is 24.9 Å². The molecule has 2 amide bonds. The fourth-order valence-electron chi connectivity index (χ4n) is 5.51. The number of hydrogen-bond acceptors (Lipinski definition) is 6. The molecule has 44 heavy (non-hydrogen) atoms. The summed E-state index contributed by atoms with van der Waals surface area (Å²) in [6.07, 6.45) is 4.11. The van der Waals surface area contributed by atoms with Crippen molar-refractivity contribution in [2.75, 3.05) is 11.9 Å². The highest BCUT2D eigenvalue weighted by molar-refractivity contribution is 6.05.